The fourth-order valence-corrected chi connectivity index (χ4v) is 1.19. The minimum Gasteiger partial charge on any atom is -0.394 e. The second kappa shape index (κ2) is 2.86. The van der Waals surface area contributed by atoms with Crippen molar-refractivity contribution in [2.24, 2.45) is 5.41 Å². The minimum atomic E-state index is -0.0683. The number of aliphatic hydroxyl groups excluding tert-OH is 1. The predicted molar refractivity (Wildman–Crippen MR) is 36.8 cm³/mol. The molecule has 0 aromatic carbocycles. The Morgan fingerprint density at radius 1 is 1.70 bits per heavy atom. The molecule has 1 aliphatic rings. The van der Waals surface area contributed by atoms with E-state index in [0.717, 1.165) is 0 Å². The lowest BCUT2D eigenvalue weighted by Crippen LogP contribution is -2.51. The zero-order chi connectivity index (χ0) is 7.61. The van der Waals surface area contributed by atoms with Gasteiger partial charge in [0.1, 0.15) is 0 Å². The molecule has 1 unspecified atom stereocenters. The highest BCUT2D eigenvalue weighted by atomic mass is 16.5. The van der Waals surface area contributed by atoms with Crippen molar-refractivity contribution in [3.63, 3.8) is 0 Å². The van der Waals surface area contributed by atoms with Crippen molar-refractivity contribution in [3.8, 4) is 0 Å². The number of hydrogen-bond donors (Lipinski definition) is 1. The fraction of sp³-hybridized carbons (Fsp3) is 1.00. The Labute approximate surface area is 60.9 Å². The van der Waals surface area contributed by atoms with Gasteiger partial charge in [-0.1, -0.05) is 6.92 Å². The van der Waals surface area contributed by atoms with E-state index in [9.17, 15) is 0 Å². The molecule has 0 amide bonds. The van der Waals surface area contributed by atoms with E-state index in [1.807, 2.05) is 0 Å². The summed E-state index contributed by atoms with van der Waals surface area (Å²) in [5.41, 5.74) is 0.0451. The smallest absolute Gasteiger partial charge is 0.0899 e. The first-order chi connectivity index (χ1) is 4.73. The van der Waals surface area contributed by atoms with Crippen LogP contribution in [0.25, 0.3) is 0 Å². The van der Waals surface area contributed by atoms with Gasteiger partial charge < -0.3 is 14.6 Å². The third kappa shape index (κ3) is 1.17. The molecule has 1 fully saturated rings. The van der Waals surface area contributed by atoms with Gasteiger partial charge >= 0.3 is 0 Å². The molecule has 0 saturated carbocycles. The maximum atomic E-state index is 8.85. The van der Waals surface area contributed by atoms with E-state index in [2.05, 4.69) is 6.92 Å². The van der Waals surface area contributed by atoms with Crippen LogP contribution in [-0.4, -0.2) is 38.1 Å². The van der Waals surface area contributed by atoms with Gasteiger partial charge in [-0.25, -0.2) is 0 Å². The van der Waals surface area contributed by atoms with Gasteiger partial charge in [-0.05, 0) is 0 Å². The van der Waals surface area contributed by atoms with Crippen LogP contribution in [0.4, 0.5) is 0 Å². The van der Waals surface area contributed by atoms with Gasteiger partial charge in [0.25, 0.3) is 0 Å². The van der Waals surface area contributed by atoms with Crippen molar-refractivity contribution in [2.75, 3.05) is 26.9 Å². The van der Waals surface area contributed by atoms with Crippen LogP contribution in [0, 0.1) is 5.41 Å². The zero-order valence-corrected chi connectivity index (χ0v) is 6.46. The Kier molecular flexibility index (Phi) is 2.28. The maximum Gasteiger partial charge on any atom is 0.0899 e. The maximum absolute atomic E-state index is 8.85. The minimum absolute atomic E-state index is 0.0451. The Balaban J connectivity index is 2.43. The molecule has 1 N–H and O–H groups in total. The van der Waals surface area contributed by atoms with Gasteiger partial charge in [0.05, 0.1) is 25.9 Å². The molecule has 10 heavy (non-hydrogen) atoms. The third-order valence-electron chi connectivity index (χ3n) is 2.09. The van der Waals surface area contributed by atoms with Crippen LogP contribution in [0.3, 0.4) is 0 Å². The largest absolute Gasteiger partial charge is 0.394 e. The summed E-state index contributed by atoms with van der Waals surface area (Å²) in [6.07, 6.45) is -0.0683. The molecular formula is C7H14O3. The summed E-state index contributed by atoms with van der Waals surface area (Å²) < 4.78 is 10.1. The molecule has 0 bridgehead atoms. The zero-order valence-electron chi connectivity index (χ0n) is 6.46. The topological polar surface area (TPSA) is 38.7 Å². The first-order valence-corrected chi connectivity index (χ1v) is 3.44. The molecule has 0 spiro atoms. The van der Waals surface area contributed by atoms with E-state index in [1.165, 1.54) is 0 Å². The Hall–Kier alpha value is -0.120. The molecule has 1 rings (SSSR count). The third-order valence-corrected chi connectivity index (χ3v) is 2.09. The lowest BCUT2D eigenvalue weighted by atomic mass is 9.82. The summed E-state index contributed by atoms with van der Waals surface area (Å²) in [6, 6.07) is 0. The highest BCUT2D eigenvalue weighted by molar-refractivity contribution is 4.88. The van der Waals surface area contributed by atoms with Gasteiger partial charge in [-0.15, -0.1) is 0 Å². The van der Waals surface area contributed by atoms with Crippen molar-refractivity contribution in [2.45, 2.75) is 13.0 Å². The van der Waals surface area contributed by atoms with Crippen molar-refractivity contribution >= 4 is 0 Å². The van der Waals surface area contributed by atoms with E-state index in [-0.39, 0.29) is 18.1 Å². The second-order valence-electron chi connectivity index (χ2n) is 3.05. The van der Waals surface area contributed by atoms with Crippen LogP contribution < -0.4 is 0 Å². The van der Waals surface area contributed by atoms with Crippen LogP contribution >= 0.6 is 0 Å². The summed E-state index contributed by atoms with van der Waals surface area (Å²) in [6.45, 7) is 3.54. The molecule has 60 valence electrons. The predicted octanol–water partition coefficient (Wildman–Crippen LogP) is 0.0302. The van der Waals surface area contributed by atoms with Gasteiger partial charge in [0.2, 0.25) is 0 Å². The summed E-state index contributed by atoms with van der Waals surface area (Å²) in [7, 11) is 1.62. The second-order valence-corrected chi connectivity index (χ2v) is 3.05. The molecule has 1 aliphatic heterocycles. The lowest BCUT2D eigenvalue weighted by Gasteiger charge is -2.42. The van der Waals surface area contributed by atoms with Crippen molar-refractivity contribution in [1.29, 1.82) is 0 Å². The monoisotopic (exact) mass is 146 g/mol. The molecule has 1 atom stereocenters. The molecule has 0 aromatic rings. The lowest BCUT2D eigenvalue weighted by molar-refractivity contribution is -0.179. The van der Waals surface area contributed by atoms with Crippen LogP contribution in [0.15, 0.2) is 0 Å². The quantitative estimate of drug-likeness (QED) is 0.610. The van der Waals surface area contributed by atoms with Crippen LogP contribution in [0.5, 0.6) is 0 Å². The van der Waals surface area contributed by atoms with Gasteiger partial charge in [-0.3, -0.25) is 0 Å². The van der Waals surface area contributed by atoms with E-state index in [4.69, 9.17) is 14.6 Å². The van der Waals surface area contributed by atoms with Crippen molar-refractivity contribution in [1.82, 2.24) is 0 Å². The SMILES string of the molecule is COC(CO)C1(C)COC1. The molecule has 1 heterocycles. The summed E-state index contributed by atoms with van der Waals surface area (Å²) in [4.78, 5) is 0. The molecule has 0 aliphatic carbocycles. The Morgan fingerprint density at radius 2 is 2.30 bits per heavy atom. The van der Waals surface area contributed by atoms with E-state index in [0.29, 0.717) is 13.2 Å². The Bertz CT molecular complexity index is 105. The summed E-state index contributed by atoms with van der Waals surface area (Å²) in [5.74, 6) is 0. The first kappa shape index (κ1) is 7.98. The first-order valence-electron chi connectivity index (χ1n) is 3.44. The van der Waals surface area contributed by atoms with E-state index < -0.39 is 0 Å². The Morgan fingerprint density at radius 3 is 2.40 bits per heavy atom. The average molecular weight is 146 g/mol. The molecule has 1 saturated heterocycles. The highest BCUT2D eigenvalue weighted by Gasteiger charge is 2.41. The number of hydrogen-bond acceptors (Lipinski definition) is 3. The van der Waals surface area contributed by atoms with Crippen LogP contribution in [-0.2, 0) is 9.47 Å². The average Bonchev–Trinajstić information content (AvgIpc) is 1.87. The number of ether oxygens (including phenoxy) is 2. The molecule has 0 aromatic heterocycles. The molecule has 3 heteroatoms. The highest BCUT2D eigenvalue weighted by Crippen LogP contribution is 2.31. The molecule has 3 nitrogen and oxygen atoms in total. The van der Waals surface area contributed by atoms with E-state index in [1.54, 1.807) is 7.11 Å². The summed E-state index contributed by atoms with van der Waals surface area (Å²) >= 11 is 0. The number of aliphatic hydroxyl groups is 1. The van der Waals surface area contributed by atoms with Crippen molar-refractivity contribution < 1.29 is 14.6 Å². The summed E-state index contributed by atoms with van der Waals surface area (Å²) in [5, 5.41) is 8.85. The number of methoxy groups -OCH3 is 1. The fourth-order valence-electron chi connectivity index (χ4n) is 1.19. The van der Waals surface area contributed by atoms with Crippen molar-refractivity contribution in [3.05, 3.63) is 0 Å². The van der Waals surface area contributed by atoms with Gasteiger partial charge in [0, 0.05) is 12.5 Å². The van der Waals surface area contributed by atoms with E-state index >= 15 is 0 Å². The van der Waals surface area contributed by atoms with Crippen LogP contribution in [0.1, 0.15) is 6.92 Å². The standard InChI is InChI=1S/C7H14O3/c1-7(4-10-5-7)6(3-8)9-2/h6,8H,3-5H2,1-2H3. The normalized spacial score (nSPS) is 25.5. The van der Waals surface area contributed by atoms with Crippen LogP contribution in [0.2, 0.25) is 0 Å². The molecular weight excluding hydrogens is 132 g/mol. The van der Waals surface area contributed by atoms with Gasteiger partial charge in [0.15, 0.2) is 0 Å². The number of rotatable bonds is 3. The molecule has 0 radical (unpaired) electrons. The van der Waals surface area contributed by atoms with Gasteiger partial charge in [-0.2, -0.15) is 0 Å².